The first-order chi connectivity index (χ1) is 14.4. The van der Waals surface area contributed by atoms with Gasteiger partial charge >= 0.3 is 0 Å². The molecule has 3 aromatic rings. The molecule has 0 amide bonds. The van der Waals surface area contributed by atoms with E-state index >= 15 is 0 Å². The van der Waals surface area contributed by atoms with E-state index in [1.54, 1.807) is 28.2 Å². The van der Waals surface area contributed by atoms with Crippen LogP contribution in [-0.2, 0) is 10.0 Å². The van der Waals surface area contributed by atoms with Crippen LogP contribution < -0.4 is 4.74 Å². The van der Waals surface area contributed by atoms with Crippen LogP contribution in [0.5, 0.6) is 5.75 Å². The van der Waals surface area contributed by atoms with Crippen molar-refractivity contribution in [3.05, 3.63) is 48.2 Å². The van der Waals surface area contributed by atoms with E-state index in [4.69, 9.17) is 4.74 Å². The Morgan fingerprint density at radius 1 is 1.27 bits per heavy atom. The lowest BCUT2D eigenvalue weighted by atomic mass is 9.99. The van der Waals surface area contributed by atoms with Gasteiger partial charge in [-0.1, -0.05) is 6.92 Å². The molecule has 0 aliphatic carbocycles. The Bertz CT molecular complexity index is 1160. The molecule has 7 nitrogen and oxygen atoms in total. The number of fused-ring (bicyclic) bond motifs is 1. The maximum Gasteiger partial charge on any atom is 0.214 e. The average molecular weight is 433 g/mol. The van der Waals surface area contributed by atoms with E-state index in [-0.39, 0.29) is 17.5 Å². The van der Waals surface area contributed by atoms with Crippen LogP contribution in [0.25, 0.3) is 16.8 Å². The standard InChI is InChI=1S/C21H25FN4O3S/c1-3-11-30(27,28)25-10-4-5-16(13-25)21-23-20-9-6-15(14-26(20)24-21)18-12-17(22)7-8-19(18)29-2/h6-9,12,14,16H,3-5,10-11,13H2,1-2H3/t16-/m0/s1. The van der Waals surface area contributed by atoms with Crippen LogP contribution in [0.2, 0.25) is 0 Å². The molecule has 160 valence electrons. The van der Waals surface area contributed by atoms with Crippen LogP contribution in [0, 0.1) is 5.82 Å². The summed E-state index contributed by atoms with van der Waals surface area (Å²) in [7, 11) is -1.69. The molecule has 1 atom stereocenters. The zero-order chi connectivity index (χ0) is 21.3. The van der Waals surface area contributed by atoms with Gasteiger partial charge < -0.3 is 4.74 Å². The Morgan fingerprint density at radius 3 is 2.87 bits per heavy atom. The molecule has 1 aliphatic rings. The molecule has 3 heterocycles. The number of hydrogen-bond acceptors (Lipinski definition) is 5. The minimum atomic E-state index is -3.24. The first-order valence-electron chi connectivity index (χ1n) is 10.1. The van der Waals surface area contributed by atoms with E-state index in [0.717, 1.165) is 18.4 Å². The van der Waals surface area contributed by atoms with Crippen molar-refractivity contribution < 1.29 is 17.5 Å². The molecule has 1 aromatic carbocycles. The topological polar surface area (TPSA) is 76.8 Å². The van der Waals surface area contributed by atoms with Crippen LogP contribution in [0.1, 0.15) is 37.9 Å². The summed E-state index contributed by atoms with van der Waals surface area (Å²) in [5.41, 5.74) is 2.05. The fourth-order valence-electron chi connectivity index (χ4n) is 3.93. The molecular formula is C21H25FN4O3S. The molecule has 1 aliphatic heterocycles. The van der Waals surface area contributed by atoms with Crippen molar-refractivity contribution in [2.24, 2.45) is 0 Å². The lowest BCUT2D eigenvalue weighted by Gasteiger charge is -2.30. The van der Waals surface area contributed by atoms with Gasteiger partial charge in [-0.3, -0.25) is 0 Å². The lowest BCUT2D eigenvalue weighted by molar-refractivity contribution is 0.309. The number of hydrogen-bond donors (Lipinski definition) is 0. The van der Waals surface area contributed by atoms with E-state index in [2.05, 4.69) is 10.1 Å². The maximum atomic E-state index is 13.8. The normalized spacial score (nSPS) is 18.0. The van der Waals surface area contributed by atoms with E-state index < -0.39 is 10.0 Å². The SMILES string of the molecule is CCCS(=O)(=O)N1CCC[C@H](c2nc3ccc(-c4cc(F)ccc4OC)cn3n2)C1. The second kappa shape index (κ2) is 8.31. The number of pyridine rings is 1. The van der Waals surface area contributed by atoms with Crippen molar-refractivity contribution in [1.29, 1.82) is 0 Å². The highest BCUT2D eigenvalue weighted by Gasteiger charge is 2.31. The highest BCUT2D eigenvalue weighted by atomic mass is 32.2. The van der Waals surface area contributed by atoms with Gasteiger partial charge in [0, 0.05) is 36.3 Å². The molecule has 4 rings (SSSR count). The van der Waals surface area contributed by atoms with Gasteiger partial charge in [-0.25, -0.2) is 26.6 Å². The first kappa shape index (κ1) is 20.7. The molecular weight excluding hydrogens is 407 g/mol. The van der Waals surface area contributed by atoms with Crippen LogP contribution in [0.15, 0.2) is 36.5 Å². The predicted molar refractivity (Wildman–Crippen MR) is 113 cm³/mol. The molecule has 0 spiro atoms. The number of ether oxygens (including phenoxy) is 1. The van der Waals surface area contributed by atoms with Crippen LogP contribution in [0.4, 0.5) is 4.39 Å². The largest absolute Gasteiger partial charge is 0.496 e. The molecule has 9 heteroatoms. The van der Waals surface area contributed by atoms with Gasteiger partial charge in [0.05, 0.1) is 12.9 Å². The van der Waals surface area contributed by atoms with E-state index in [9.17, 15) is 12.8 Å². The van der Waals surface area contributed by atoms with Crippen molar-refractivity contribution in [2.75, 3.05) is 26.0 Å². The van der Waals surface area contributed by atoms with Gasteiger partial charge in [-0.15, -0.1) is 0 Å². The summed E-state index contributed by atoms with van der Waals surface area (Å²) in [6, 6.07) is 8.05. The number of piperidine rings is 1. The Balaban J connectivity index is 1.64. The van der Waals surface area contributed by atoms with Crippen LogP contribution in [0.3, 0.4) is 0 Å². The maximum absolute atomic E-state index is 13.8. The quantitative estimate of drug-likeness (QED) is 0.596. The number of halogens is 1. The minimum absolute atomic E-state index is 0.0440. The van der Waals surface area contributed by atoms with Gasteiger partial charge in [0.1, 0.15) is 11.6 Å². The van der Waals surface area contributed by atoms with E-state index in [1.165, 1.54) is 12.1 Å². The lowest BCUT2D eigenvalue weighted by Crippen LogP contribution is -2.40. The average Bonchev–Trinajstić information content (AvgIpc) is 3.17. The molecule has 30 heavy (non-hydrogen) atoms. The summed E-state index contributed by atoms with van der Waals surface area (Å²) >= 11 is 0. The third kappa shape index (κ3) is 4.04. The molecule has 0 saturated carbocycles. The summed E-state index contributed by atoms with van der Waals surface area (Å²) in [6.07, 6.45) is 4.02. The summed E-state index contributed by atoms with van der Waals surface area (Å²) < 4.78 is 47.3. The Labute approximate surface area is 175 Å². The van der Waals surface area contributed by atoms with Gasteiger partial charge in [0.15, 0.2) is 11.5 Å². The zero-order valence-electron chi connectivity index (χ0n) is 17.1. The molecule has 1 fully saturated rings. The molecule has 0 unspecified atom stereocenters. The third-order valence-electron chi connectivity index (χ3n) is 5.42. The van der Waals surface area contributed by atoms with Crippen LogP contribution in [-0.4, -0.2) is 53.3 Å². The van der Waals surface area contributed by atoms with Gasteiger partial charge in [-0.2, -0.15) is 5.10 Å². The molecule has 0 radical (unpaired) electrons. The summed E-state index contributed by atoms with van der Waals surface area (Å²) in [6.45, 7) is 2.83. The van der Waals surface area contributed by atoms with Crippen molar-refractivity contribution in [1.82, 2.24) is 18.9 Å². The van der Waals surface area contributed by atoms with Crippen molar-refractivity contribution in [3.8, 4) is 16.9 Å². The molecule has 0 N–H and O–H groups in total. The van der Waals surface area contributed by atoms with Crippen molar-refractivity contribution >= 4 is 15.7 Å². The van der Waals surface area contributed by atoms with Gasteiger partial charge in [0.2, 0.25) is 10.0 Å². The second-order valence-electron chi connectivity index (χ2n) is 7.55. The fraction of sp³-hybridized carbons (Fsp3) is 0.429. The monoisotopic (exact) mass is 432 g/mol. The van der Waals surface area contributed by atoms with E-state index in [0.29, 0.717) is 42.3 Å². The fourth-order valence-corrected chi connectivity index (χ4v) is 5.52. The molecule has 2 aromatic heterocycles. The third-order valence-corrected chi connectivity index (χ3v) is 7.47. The number of benzene rings is 1. The number of methoxy groups -OCH3 is 1. The molecule has 1 saturated heterocycles. The zero-order valence-corrected chi connectivity index (χ0v) is 17.9. The Hall–Kier alpha value is -2.52. The highest BCUT2D eigenvalue weighted by molar-refractivity contribution is 7.89. The highest BCUT2D eigenvalue weighted by Crippen LogP contribution is 2.31. The minimum Gasteiger partial charge on any atom is -0.496 e. The first-order valence-corrected chi connectivity index (χ1v) is 11.7. The van der Waals surface area contributed by atoms with Crippen LogP contribution >= 0.6 is 0 Å². The summed E-state index contributed by atoms with van der Waals surface area (Å²) in [4.78, 5) is 4.62. The van der Waals surface area contributed by atoms with Gasteiger partial charge in [0.25, 0.3) is 0 Å². The Kier molecular flexibility index (Phi) is 5.75. The smallest absolute Gasteiger partial charge is 0.214 e. The van der Waals surface area contributed by atoms with Gasteiger partial charge in [-0.05, 0) is 49.6 Å². The van der Waals surface area contributed by atoms with Crippen molar-refractivity contribution in [3.63, 3.8) is 0 Å². The number of aromatic nitrogens is 3. The number of sulfonamides is 1. The van der Waals surface area contributed by atoms with E-state index in [1.807, 2.05) is 19.1 Å². The number of rotatable bonds is 6. The molecule has 0 bridgehead atoms. The van der Waals surface area contributed by atoms with Crippen molar-refractivity contribution in [2.45, 2.75) is 32.1 Å². The summed E-state index contributed by atoms with van der Waals surface area (Å²) in [5, 5.41) is 4.61. The second-order valence-corrected chi connectivity index (χ2v) is 9.64. The summed E-state index contributed by atoms with van der Waals surface area (Å²) in [5.74, 6) is 0.977. The predicted octanol–water partition coefficient (Wildman–Crippen LogP) is 3.46. The Morgan fingerprint density at radius 2 is 2.10 bits per heavy atom. The number of nitrogens with zero attached hydrogens (tertiary/aromatic N) is 4.